The lowest BCUT2D eigenvalue weighted by molar-refractivity contribution is 0.147. The van der Waals surface area contributed by atoms with Crippen molar-refractivity contribution < 1.29 is 5.11 Å². The molecule has 88 valence electrons. The lowest BCUT2D eigenvalue weighted by Crippen LogP contribution is -2.57. The molecule has 4 aliphatic rings. The molecule has 3 heterocycles. The van der Waals surface area contributed by atoms with Crippen LogP contribution in [0.5, 0.6) is 0 Å². The van der Waals surface area contributed by atoms with E-state index in [9.17, 15) is 5.11 Å². The lowest BCUT2D eigenvalue weighted by Gasteiger charge is -2.39. The molecule has 5 rings (SSSR count). The van der Waals surface area contributed by atoms with E-state index in [0.29, 0.717) is 23.6 Å². The van der Waals surface area contributed by atoms with Gasteiger partial charge in [0.05, 0.1) is 5.54 Å². The first-order valence-electron chi connectivity index (χ1n) is 5.65. The Morgan fingerprint density at radius 2 is 2.06 bits per heavy atom. The SMILES string of the molecule is [B]C([B])(O)C12C3C(CN1c1cc(Cl)nc(Cl)n1)[C@@H]32. The zero-order valence-electron chi connectivity index (χ0n) is 9.22. The number of rotatable bonds is 2. The molecule has 4 atom stereocenters. The minimum Gasteiger partial charge on any atom is -0.407 e. The van der Waals surface area contributed by atoms with Gasteiger partial charge in [-0.2, -0.15) is 0 Å². The van der Waals surface area contributed by atoms with Crippen LogP contribution in [0, 0.1) is 17.8 Å². The Hall–Kier alpha value is -0.450. The predicted octanol–water partition coefficient (Wildman–Crippen LogP) is 0.201. The number of hydrogen-bond acceptors (Lipinski definition) is 4. The highest BCUT2D eigenvalue weighted by Gasteiger charge is 2.93. The fourth-order valence-corrected chi connectivity index (χ4v) is 4.23. The van der Waals surface area contributed by atoms with Gasteiger partial charge in [-0.3, -0.25) is 0 Å². The molecular weight excluding hydrogens is 271 g/mol. The van der Waals surface area contributed by atoms with Crippen molar-refractivity contribution in [3.63, 3.8) is 0 Å². The zero-order valence-corrected chi connectivity index (χ0v) is 10.7. The monoisotopic (exact) mass is 277 g/mol. The van der Waals surface area contributed by atoms with E-state index in [0.717, 1.165) is 6.54 Å². The molecule has 18 heavy (non-hydrogen) atoms. The maximum absolute atomic E-state index is 10.0. The standard InChI is InChI=1S/C10H7B2Cl2N3O/c11-10(12,18)9-6-3(7(6)9)2-17(9)5-1-4(13)15-8(14)16-5/h1,3,6-7,18H,2H2/t3?,6-,7?,9?/m0/s1. The zero-order chi connectivity index (χ0) is 12.9. The van der Waals surface area contributed by atoms with Crippen LogP contribution >= 0.6 is 23.2 Å². The molecule has 3 unspecified atom stereocenters. The van der Waals surface area contributed by atoms with Crippen LogP contribution < -0.4 is 4.90 Å². The lowest BCUT2D eigenvalue weighted by atomic mass is 9.56. The van der Waals surface area contributed by atoms with Gasteiger partial charge in [0.25, 0.3) is 0 Å². The third kappa shape index (κ3) is 1.11. The Bertz CT molecular complexity index is 534. The molecule has 4 fully saturated rings. The molecule has 8 heteroatoms. The molecule has 1 N–H and O–H groups in total. The normalized spacial score (nSPS) is 39.7. The number of halogens is 2. The Balaban J connectivity index is 1.78. The largest absolute Gasteiger partial charge is 0.407 e. The number of anilines is 1. The quantitative estimate of drug-likeness (QED) is 0.477. The summed E-state index contributed by atoms with van der Waals surface area (Å²) in [4.78, 5) is 9.87. The summed E-state index contributed by atoms with van der Waals surface area (Å²) in [5.74, 6) is 1.85. The second-order valence-corrected chi connectivity index (χ2v) is 6.02. The number of aliphatic hydroxyl groups is 1. The number of nitrogens with zero attached hydrogens (tertiary/aromatic N) is 3. The minimum atomic E-state index is -1.74. The van der Waals surface area contributed by atoms with Gasteiger partial charge in [0.1, 0.15) is 26.7 Å². The number of hydrogen-bond donors (Lipinski definition) is 1. The molecule has 1 aromatic rings. The van der Waals surface area contributed by atoms with Crippen molar-refractivity contribution in [3.05, 3.63) is 16.5 Å². The van der Waals surface area contributed by atoms with Gasteiger partial charge in [-0.1, -0.05) is 11.6 Å². The van der Waals surface area contributed by atoms with Gasteiger partial charge in [0, 0.05) is 18.0 Å². The van der Waals surface area contributed by atoms with Crippen LogP contribution in [0.4, 0.5) is 5.82 Å². The molecule has 4 radical (unpaired) electrons. The molecule has 1 aromatic heterocycles. The molecule has 0 spiro atoms. The van der Waals surface area contributed by atoms with E-state index in [2.05, 4.69) is 9.97 Å². The Morgan fingerprint density at radius 3 is 2.61 bits per heavy atom. The minimum absolute atomic E-state index is 0.0735. The van der Waals surface area contributed by atoms with Gasteiger partial charge in [0.2, 0.25) is 5.28 Å². The van der Waals surface area contributed by atoms with Crippen molar-refractivity contribution in [1.82, 2.24) is 9.97 Å². The van der Waals surface area contributed by atoms with Crippen molar-refractivity contribution >= 4 is 44.7 Å². The van der Waals surface area contributed by atoms with Crippen LogP contribution in [-0.2, 0) is 0 Å². The molecule has 0 amide bonds. The molecule has 2 saturated carbocycles. The first-order chi connectivity index (χ1) is 8.37. The third-order valence-electron chi connectivity index (χ3n) is 4.49. The average Bonchev–Trinajstić information content (AvgIpc) is 3.01. The molecule has 2 aliphatic carbocycles. The van der Waals surface area contributed by atoms with Crippen LogP contribution in [0.3, 0.4) is 0 Å². The molecule has 2 saturated heterocycles. The van der Waals surface area contributed by atoms with Gasteiger partial charge in [0.15, 0.2) is 0 Å². The predicted molar refractivity (Wildman–Crippen MR) is 69.1 cm³/mol. The summed E-state index contributed by atoms with van der Waals surface area (Å²) in [6.45, 7) is 0.774. The highest BCUT2D eigenvalue weighted by atomic mass is 35.5. The van der Waals surface area contributed by atoms with Gasteiger partial charge in [-0.15, -0.1) is 0 Å². The second kappa shape index (κ2) is 3.00. The van der Waals surface area contributed by atoms with Crippen molar-refractivity contribution in [3.8, 4) is 0 Å². The summed E-state index contributed by atoms with van der Waals surface area (Å²) < 4.78 is 0. The van der Waals surface area contributed by atoms with E-state index >= 15 is 0 Å². The van der Waals surface area contributed by atoms with Gasteiger partial charge in [-0.25, -0.2) is 9.97 Å². The smallest absolute Gasteiger partial charge is 0.225 e. The number of fused-ring (bicyclic) bond motifs is 1. The molecule has 0 aromatic carbocycles. The molecule has 4 nitrogen and oxygen atoms in total. The second-order valence-electron chi connectivity index (χ2n) is 5.29. The molecule has 2 aliphatic heterocycles. The fourth-order valence-electron chi connectivity index (χ4n) is 3.84. The molecule has 2 bridgehead atoms. The van der Waals surface area contributed by atoms with Crippen LogP contribution in [0.1, 0.15) is 0 Å². The van der Waals surface area contributed by atoms with E-state index < -0.39 is 10.9 Å². The van der Waals surface area contributed by atoms with Crippen LogP contribution in [0.15, 0.2) is 6.07 Å². The Labute approximate surface area is 117 Å². The third-order valence-corrected chi connectivity index (χ3v) is 4.85. The summed E-state index contributed by atoms with van der Waals surface area (Å²) in [6.07, 6.45) is 0. The number of piperidine rings is 1. The van der Waals surface area contributed by atoms with E-state index in [1.54, 1.807) is 6.07 Å². The first kappa shape index (κ1) is 11.4. The van der Waals surface area contributed by atoms with Gasteiger partial charge in [-0.05, 0) is 29.4 Å². The van der Waals surface area contributed by atoms with Crippen molar-refractivity contribution in [2.45, 2.75) is 10.9 Å². The average molecular weight is 278 g/mol. The van der Waals surface area contributed by atoms with Crippen LogP contribution in [-0.4, -0.2) is 48.3 Å². The summed E-state index contributed by atoms with van der Waals surface area (Å²) in [5, 5.41) is 8.61. The summed E-state index contributed by atoms with van der Waals surface area (Å²) >= 11 is 11.7. The van der Waals surface area contributed by atoms with E-state index in [1.165, 1.54) is 0 Å². The maximum Gasteiger partial charge on any atom is 0.225 e. The molecular formula is C10H7B2Cl2N3O. The topological polar surface area (TPSA) is 49.2 Å². The number of aromatic nitrogens is 2. The Kier molecular flexibility index (Phi) is 1.89. The van der Waals surface area contributed by atoms with E-state index in [1.807, 2.05) is 4.90 Å². The van der Waals surface area contributed by atoms with Crippen molar-refractivity contribution in [2.75, 3.05) is 11.4 Å². The van der Waals surface area contributed by atoms with Gasteiger partial charge < -0.3 is 10.0 Å². The van der Waals surface area contributed by atoms with Crippen LogP contribution in [0.25, 0.3) is 0 Å². The summed E-state index contributed by atoms with van der Waals surface area (Å²) in [7, 11) is 11.4. The summed E-state index contributed by atoms with van der Waals surface area (Å²) in [6, 6.07) is 1.61. The Morgan fingerprint density at radius 1 is 1.39 bits per heavy atom. The first-order valence-corrected chi connectivity index (χ1v) is 6.41. The van der Waals surface area contributed by atoms with Crippen molar-refractivity contribution in [1.29, 1.82) is 0 Å². The highest BCUT2D eigenvalue weighted by Crippen LogP contribution is 2.85. The van der Waals surface area contributed by atoms with Crippen LogP contribution in [0.2, 0.25) is 10.4 Å². The maximum atomic E-state index is 10.0. The van der Waals surface area contributed by atoms with Crippen molar-refractivity contribution in [2.24, 2.45) is 17.8 Å². The van der Waals surface area contributed by atoms with E-state index in [4.69, 9.17) is 38.9 Å². The highest BCUT2D eigenvalue weighted by molar-refractivity contribution is 6.41. The van der Waals surface area contributed by atoms with Gasteiger partial charge >= 0.3 is 0 Å². The van der Waals surface area contributed by atoms with E-state index in [-0.39, 0.29) is 10.4 Å². The fraction of sp³-hybridized carbons (Fsp3) is 0.600. The summed E-state index contributed by atoms with van der Waals surface area (Å²) in [5.41, 5.74) is -0.599.